The van der Waals surface area contributed by atoms with Crippen molar-refractivity contribution in [1.29, 1.82) is 0 Å². The first-order valence-corrected chi connectivity index (χ1v) is 7.66. The third kappa shape index (κ3) is 3.10. The molecule has 0 spiro atoms. The highest BCUT2D eigenvalue weighted by atomic mass is 16.5. The van der Waals surface area contributed by atoms with Crippen molar-refractivity contribution in [3.63, 3.8) is 0 Å². The van der Waals surface area contributed by atoms with Gasteiger partial charge in [0.2, 0.25) is 0 Å². The quantitative estimate of drug-likeness (QED) is 0.886. The van der Waals surface area contributed by atoms with Crippen LogP contribution in [-0.4, -0.2) is 23.9 Å². The van der Waals surface area contributed by atoms with Gasteiger partial charge in [-0.2, -0.15) is 5.10 Å². The average Bonchev–Trinajstić information content (AvgIpc) is 2.86. The van der Waals surface area contributed by atoms with E-state index < -0.39 is 0 Å². The van der Waals surface area contributed by atoms with Gasteiger partial charge in [-0.15, -0.1) is 0 Å². The molecule has 1 aromatic carbocycles. The summed E-state index contributed by atoms with van der Waals surface area (Å²) < 4.78 is 7.42. The Morgan fingerprint density at radius 1 is 1.29 bits per heavy atom. The number of hydrogen-bond acceptors (Lipinski definition) is 3. The molecule has 0 bridgehead atoms. The Hall–Kier alpha value is -1.81. The molecule has 21 heavy (non-hydrogen) atoms. The van der Waals surface area contributed by atoms with Gasteiger partial charge in [0.05, 0.1) is 18.5 Å². The molecule has 2 aromatic rings. The summed E-state index contributed by atoms with van der Waals surface area (Å²) in [6.07, 6.45) is 4.04. The molecule has 0 unspecified atom stereocenters. The fourth-order valence-electron chi connectivity index (χ4n) is 2.79. The maximum atomic E-state index is 5.24. The van der Waals surface area contributed by atoms with Gasteiger partial charge in [0.15, 0.2) is 0 Å². The van der Waals surface area contributed by atoms with E-state index in [2.05, 4.69) is 28.2 Å². The highest BCUT2D eigenvalue weighted by Gasteiger charge is 2.20. The highest BCUT2D eigenvalue weighted by molar-refractivity contribution is 5.61. The number of hydrogen-bond donors (Lipinski definition) is 1. The van der Waals surface area contributed by atoms with Crippen molar-refractivity contribution >= 4 is 0 Å². The standard InChI is InChI=1S/C17H23N3O/c1-18-11-15-10-17(14-6-8-16(21-2)9-7-14)20(19-15)12-13-4-3-5-13/h6-10,13,18H,3-5,11-12H2,1-2H3. The van der Waals surface area contributed by atoms with Crippen LogP contribution in [0.5, 0.6) is 5.75 Å². The minimum atomic E-state index is 0.796. The van der Waals surface area contributed by atoms with Gasteiger partial charge in [-0.05, 0) is 56.1 Å². The molecule has 1 aliphatic rings. The van der Waals surface area contributed by atoms with Gasteiger partial charge in [-0.1, -0.05) is 6.42 Å². The Kier molecular flexibility index (Phi) is 4.25. The van der Waals surface area contributed by atoms with E-state index >= 15 is 0 Å². The van der Waals surface area contributed by atoms with E-state index in [0.717, 1.165) is 30.5 Å². The zero-order chi connectivity index (χ0) is 14.7. The van der Waals surface area contributed by atoms with Crippen LogP contribution in [0.25, 0.3) is 11.3 Å². The van der Waals surface area contributed by atoms with Crippen molar-refractivity contribution < 1.29 is 4.74 Å². The lowest BCUT2D eigenvalue weighted by Gasteiger charge is -2.25. The first-order valence-electron chi connectivity index (χ1n) is 7.66. The SMILES string of the molecule is CNCc1cc(-c2ccc(OC)cc2)n(CC2CCC2)n1. The van der Waals surface area contributed by atoms with Crippen molar-refractivity contribution in [1.82, 2.24) is 15.1 Å². The molecule has 0 radical (unpaired) electrons. The third-order valence-electron chi connectivity index (χ3n) is 4.23. The van der Waals surface area contributed by atoms with E-state index in [9.17, 15) is 0 Å². The van der Waals surface area contributed by atoms with Crippen molar-refractivity contribution in [2.24, 2.45) is 5.92 Å². The number of nitrogens with one attached hydrogen (secondary N) is 1. The van der Waals surface area contributed by atoms with Gasteiger partial charge < -0.3 is 10.1 Å². The number of benzene rings is 1. The van der Waals surface area contributed by atoms with E-state index in [1.54, 1.807) is 7.11 Å². The predicted molar refractivity (Wildman–Crippen MR) is 84.3 cm³/mol. The van der Waals surface area contributed by atoms with E-state index in [1.165, 1.54) is 30.5 Å². The van der Waals surface area contributed by atoms with Crippen LogP contribution in [0.3, 0.4) is 0 Å². The van der Waals surface area contributed by atoms with Crippen molar-refractivity contribution in [2.45, 2.75) is 32.4 Å². The number of rotatable bonds is 6. The van der Waals surface area contributed by atoms with Crippen LogP contribution >= 0.6 is 0 Å². The number of ether oxygens (including phenoxy) is 1. The second-order valence-electron chi connectivity index (χ2n) is 5.76. The molecule has 4 heteroatoms. The summed E-state index contributed by atoms with van der Waals surface area (Å²) in [4.78, 5) is 0. The molecule has 0 atom stereocenters. The molecule has 4 nitrogen and oxygen atoms in total. The minimum Gasteiger partial charge on any atom is -0.497 e. The van der Waals surface area contributed by atoms with Crippen molar-refractivity contribution in [2.75, 3.05) is 14.2 Å². The van der Waals surface area contributed by atoms with Crippen LogP contribution in [0.1, 0.15) is 25.0 Å². The Balaban J connectivity index is 1.89. The maximum absolute atomic E-state index is 5.24. The summed E-state index contributed by atoms with van der Waals surface area (Å²) >= 11 is 0. The van der Waals surface area contributed by atoms with Crippen LogP contribution in [0.2, 0.25) is 0 Å². The molecular formula is C17H23N3O. The minimum absolute atomic E-state index is 0.796. The normalized spacial score (nSPS) is 15.0. The molecular weight excluding hydrogens is 262 g/mol. The number of methoxy groups -OCH3 is 1. The summed E-state index contributed by atoms with van der Waals surface area (Å²) in [6, 6.07) is 10.4. The first-order chi connectivity index (χ1) is 10.3. The lowest BCUT2D eigenvalue weighted by molar-refractivity contribution is 0.267. The number of aromatic nitrogens is 2. The van der Waals surface area contributed by atoms with Gasteiger partial charge in [0, 0.05) is 18.7 Å². The lowest BCUT2D eigenvalue weighted by atomic mass is 9.85. The molecule has 1 aromatic heterocycles. The van der Waals surface area contributed by atoms with E-state index in [4.69, 9.17) is 9.84 Å². The zero-order valence-corrected chi connectivity index (χ0v) is 12.8. The van der Waals surface area contributed by atoms with Crippen LogP contribution in [0.4, 0.5) is 0 Å². The molecule has 0 saturated heterocycles. The van der Waals surface area contributed by atoms with E-state index in [-0.39, 0.29) is 0 Å². The fourth-order valence-corrected chi connectivity index (χ4v) is 2.79. The molecule has 1 aliphatic carbocycles. The highest BCUT2D eigenvalue weighted by Crippen LogP contribution is 2.30. The Morgan fingerprint density at radius 3 is 2.62 bits per heavy atom. The van der Waals surface area contributed by atoms with Crippen LogP contribution in [0.15, 0.2) is 30.3 Å². The predicted octanol–water partition coefficient (Wildman–Crippen LogP) is 3.08. The van der Waals surface area contributed by atoms with Crippen molar-refractivity contribution in [3.8, 4) is 17.0 Å². The van der Waals surface area contributed by atoms with Crippen LogP contribution < -0.4 is 10.1 Å². The molecule has 3 rings (SSSR count). The first kappa shape index (κ1) is 14.1. The molecule has 1 N–H and O–H groups in total. The van der Waals surface area contributed by atoms with Crippen molar-refractivity contribution in [3.05, 3.63) is 36.0 Å². The molecule has 0 aliphatic heterocycles. The zero-order valence-electron chi connectivity index (χ0n) is 12.8. The molecule has 1 saturated carbocycles. The summed E-state index contributed by atoms with van der Waals surface area (Å²) in [6.45, 7) is 1.84. The Morgan fingerprint density at radius 2 is 2.05 bits per heavy atom. The second kappa shape index (κ2) is 6.31. The summed E-state index contributed by atoms with van der Waals surface area (Å²) in [5.41, 5.74) is 3.50. The average molecular weight is 285 g/mol. The lowest BCUT2D eigenvalue weighted by Crippen LogP contribution is -2.19. The van der Waals surface area contributed by atoms with E-state index in [1.807, 2.05) is 19.2 Å². The molecule has 1 fully saturated rings. The largest absolute Gasteiger partial charge is 0.497 e. The maximum Gasteiger partial charge on any atom is 0.118 e. The smallest absolute Gasteiger partial charge is 0.118 e. The van der Waals surface area contributed by atoms with Crippen LogP contribution in [0, 0.1) is 5.92 Å². The summed E-state index contributed by atoms with van der Waals surface area (Å²) in [5.74, 6) is 1.68. The van der Waals surface area contributed by atoms with Gasteiger partial charge in [0.1, 0.15) is 5.75 Å². The topological polar surface area (TPSA) is 39.1 Å². The van der Waals surface area contributed by atoms with Gasteiger partial charge >= 0.3 is 0 Å². The number of nitrogens with zero attached hydrogens (tertiary/aromatic N) is 2. The molecule has 1 heterocycles. The fraction of sp³-hybridized carbons (Fsp3) is 0.471. The second-order valence-corrected chi connectivity index (χ2v) is 5.76. The van der Waals surface area contributed by atoms with E-state index in [0.29, 0.717) is 0 Å². The Bertz CT molecular complexity index is 585. The molecule has 112 valence electrons. The summed E-state index contributed by atoms with van der Waals surface area (Å²) in [5, 5.41) is 7.94. The van der Waals surface area contributed by atoms with Gasteiger partial charge in [0.25, 0.3) is 0 Å². The Labute approximate surface area is 126 Å². The van der Waals surface area contributed by atoms with Gasteiger partial charge in [-0.3, -0.25) is 4.68 Å². The van der Waals surface area contributed by atoms with Gasteiger partial charge in [-0.25, -0.2) is 0 Å². The van der Waals surface area contributed by atoms with Crippen LogP contribution in [-0.2, 0) is 13.1 Å². The third-order valence-corrected chi connectivity index (χ3v) is 4.23. The summed E-state index contributed by atoms with van der Waals surface area (Å²) in [7, 11) is 3.65. The molecule has 0 amide bonds. The monoisotopic (exact) mass is 285 g/mol.